The molecule has 0 radical (unpaired) electrons. The van der Waals surface area contributed by atoms with Gasteiger partial charge in [0.2, 0.25) is 11.8 Å². The van der Waals surface area contributed by atoms with Crippen LogP contribution in [0.2, 0.25) is 15.1 Å². The van der Waals surface area contributed by atoms with Crippen molar-refractivity contribution in [3.63, 3.8) is 0 Å². The Labute approximate surface area is 251 Å². The number of carbonyl (C=O) groups is 2. The average Bonchev–Trinajstić information content (AvgIpc) is 2.84. The fourth-order valence-electron chi connectivity index (χ4n) is 3.94. The summed E-state index contributed by atoms with van der Waals surface area (Å²) in [5.41, 5.74) is 1.11. The molecule has 0 heterocycles. The second-order valence-electron chi connectivity index (χ2n) is 10.5. The van der Waals surface area contributed by atoms with Gasteiger partial charge in [-0.2, -0.15) is 0 Å². The Bertz CT molecular complexity index is 1470. The molecule has 3 aromatic carbocycles. The van der Waals surface area contributed by atoms with Gasteiger partial charge in [0.25, 0.3) is 10.0 Å². The van der Waals surface area contributed by atoms with E-state index in [1.807, 2.05) is 27.7 Å². The zero-order valence-electron chi connectivity index (χ0n) is 22.9. The van der Waals surface area contributed by atoms with Gasteiger partial charge in [0.1, 0.15) is 12.6 Å². The van der Waals surface area contributed by atoms with Crippen molar-refractivity contribution < 1.29 is 18.0 Å². The van der Waals surface area contributed by atoms with Crippen LogP contribution in [0.1, 0.15) is 38.8 Å². The maximum atomic E-state index is 14.0. The Kier molecular flexibility index (Phi) is 10.2. The van der Waals surface area contributed by atoms with E-state index >= 15 is 0 Å². The van der Waals surface area contributed by atoms with Crippen LogP contribution in [0.15, 0.2) is 71.6 Å². The number of benzene rings is 3. The van der Waals surface area contributed by atoms with Crippen LogP contribution in [-0.4, -0.2) is 43.3 Å². The van der Waals surface area contributed by atoms with Gasteiger partial charge in [0, 0.05) is 27.2 Å². The van der Waals surface area contributed by atoms with E-state index in [1.165, 1.54) is 35.2 Å². The number of amides is 2. The predicted octanol–water partition coefficient (Wildman–Crippen LogP) is 6.48. The molecular formula is C29H32Cl3N3O4S. The Hall–Kier alpha value is -2.78. The van der Waals surface area contributed by atoms with Gasteiger partial charge in [-0.25, -0.2) is 8.42 Å². The molecule has 11 heteroatoms. The number of halogens is 3. The van der Waals surface area contributed by atoms with Gasteiger partial charge in [-0.1, -0.05) is 64.6 Å². The fourth-order valence-corrected chi connectivity index (χ4v) is 6.06. The van der Waals surface area contributed by atoms with E-state index in [1.54, 1.807) is 43.3 Å². The molecule has 40 heavy (non-hydrogen) atoms. The lowest BCUT2D eigenvalue weighted by Crippen LogP contribution is -2.54. The van der Waals surface area contributed by atoms with Crippen LogP contribution in [0.4, 0.5) is 5.69 Å². The summed E-state index contributed by atoms with van der Waals surface area (Å²) in [5.74, 6) is -0.995. The number of sulfonamides is 1. The number of hydrogen-bond donors (Lipinski definition) is 1. The Morgan fingerprint density at radius 2 is 1.50 bits per heavy atom. The third-order valence-corrected chi connectivity index (χ3v) is 8.39. The lowest BCUT2D eigenvalue weighted by Gasteiger charge is -2.33. The SMILES string of the molecule is Cc1ccc(S(=O)(=O)N(CC(=O)N(Cc2cccc(Cl)c2)C(C)C(=O)NC(C)(C)C)c2cc(Cl)cc(Cl)c2)cc1. The summed E-state index contributed by atoms with van der Waals surface area (Å²) in [6.07, 6.45) is 0. The molecule has 1 unspecified atom stereocenters. The molecule has 3 aromatic rings. The predicted molar refractivity (Wildman–Crippen MR) is 162 cm³/mol. The average molecular weight is 625 g/mol. The normalized spacial score (nSPS) is 12.5. The van der Waals surface area contributed by atoms with Crippen molar-refractivity contribution in [3.8, 4) is 0 Å². The summed E-state index contributed by atoms with van der Waals surface area (Å²) in [6.45, 7) is 8.34. The van der Waals surface area contributed by atoms with Crippen LogP contribution >= 0.6 is 34.8 Å². The molecule has 0 aliphatic rings. The number of hydrogen-bond acceptors (Lipinski definition) is 4. The number of nitrogens with one attached hydrogen (secondary N) is 1. The molecule has 0 bridgehead atoms. The van der Waals surface area contributed by atoms with E-state index in [-0.39, 0.29) is 33.1 Å². The highest BCUT2D eigenvalue weighted by Crippen LogP contribution is 2.30. The molecule has 7 nitrogen and oxygen atoms in total. The van der Waals surface area contributed by atoms with Crippen LogP contribution in [0, 0.1) is 6.92 Å². The molecule has 0 aromatic heterocycles. The van der Waals surface area contributed by atoms with Crippen LogP contribution < -0.4 is 9.62 Å². The van der Waals surface area contributed by atoms with Crippen LogP contribution in [0.25, 0.3) is 0 Å². The van der Waals surface area contributed by atoms with E-state index in [0.717, 1.165) is 9.87 Å². The van der Waals surface area contributed by atoms with E-state index < -0.39 is 34.1 Å². The fraction of sp³-hybridized carbons (Fsp3) is 0.310. The minimum Gasteiger partial charge on any atom is -0.350 e. The zero-order valence-corrected chi connectivity index (χ0v) is 26.0. The summed E-state index contributed by atoms with van der Waals surface area (Å²) in [5, 5.41) is 3.76. The number of aryl methyl sites for hydroxylation is 1. The van der Waals surface area contributed by atoms with Gasteiger partial charge >= 0.3 is 0 Å². The number of anilines is 1. The molecule has 0 saturated heterocycles. The summed E-state index contributed by atoms with van der Waals surface area (Å²) >= 11 is 18.6. The molecule has 1 atom stereocenters. The summed E-state index contributed by atoms with van der Waals surface area (Å²) in [4.78, 5) is 28.4. The molecule has 3 rings (SSSR count). The van der Waals surface area contributed by atoms with Gasteiger partial charge in [0.05, 0.1) is 10.6 Å². The van der Waals surface area contributed by atoms with Crippen LogP contribution in [0.5, 0.6) is 0 Å². The van der Waals surface area contributed by atoms with Crippen LogP contribution in [0.3, 0.4) is 0 Å². The van der Waals surface area contributed by atoms with Crippen molar-refractivity contribution in [2.24, 2.45) is 0 Å². The Balaban J connectivity index is 2.07. The first-order valence-corrected chi connectivity index (χ1v) is 15.1. The summed E-state index contributed by atoms with van der Waals surface area (Å²) < 4.78 is 28.7. The monoisotopic (exact) mass is 623 g/mol. The van der Waals surface area contributed by atoms with Gasteiger partial charge in [-0.05, 0) is 82.6 Å². The molecule has 0 fully saturated rings. The first-order valence-electron chi connectivity index (χ1n) is 12.5. The summed E-state index contributed by atoms with van der Waals surface area (Å²) in [6, 6.07) is 16.6. The third-order valence-electron chi connectivity index (χ3n) is 5.93. The number of rotatable bonds is 9. The van der Waals surface area contributed by atoms with Crippen molar-refractivity contribution in [2.75, 3.05) is 10.8 Å². The maximum absolute atomic E-state index is 14.0. The van der Waals surface area contributed by atoms with E-state index in [9.17, 15) is 18.0 Å². The molecular weight excluding hydrogens is 593 g/mol. The van der Waals surface area contributed by atoms with Crippen molar-refractivity contribution in [3.05, 3.63) is 92.9 Å². The first-order chi connectivity index (χ1) is 18.6. The molecule has 0 spiro atoms. The number of nitrogens with zero attached hydrogens (tertiary/aromatic N) is 2. The number of carbonyl (C=O) groups excluding carboxylic acids is 2. The highest BCUT2D eigenvalue weighted by Gasteiger charge is 2.33. The summed E-state index contributed by atoms with van der Waals surface area (Å²) in [7, 11) is -4.24. The van der Waals surface area contributed by atoms with E-state index in [0.29, 0.717) is 10.6 Å². The second kappa shape index (κ2) is 12.8. The standard InChI is InChI=1S/C29H32Cl3N3O4S/c1-19-9-11-26(12-10-19)40(38,39)35(25-15-23(31)14-24(32)16-25)18-27(36)34(17-21-7-6-8-22(30)13-21)20(2)28(37)33-29(3,4)5/h6-16,20H,17-18H2,1-5H3,(H,33,37). The molecule has 0 aliphatic heterocycles. The highest BCUT2D eigenvalue weighted by molar-refractivity contribution is 7.92. The lowest BCUT2D eigenvalue weighted by molar-refractivity contribution is -0.140. The molecule has 214 valence electrons. The van der Waals surface area contributed by atoms with Crippen molar-refractivity contribution in [1.29, 1.82) is 0 Å². The largest absolute Gasteiger partial charge is 0.350 e. The van der Waals surface area contributed by atoms with E-state index in [2.05, 4.69) is 5.32 Å². The third kappa shape index (κ3) is 8.36. The minimum atomic E-state index is -4.24. The second-order valence-corrected chi connectivity index (χ2v) is 13.7. The quantitative estimate of drug-likeness (QED) is 0.295. The van der Waals surface area contributed by atoms with E-state index in [4.69, 9.17) is 34.8 Å². The maximum Gasteiger partial charge on any atom is 0.264 e. The highest BCUT2D eigenvalue weighted by atomic mass is 35.5. The van der Waals surface area contributed by atoms with Crippen molar-refractivity contribution in [2.45, 2.75) is 57.6 Å². The molecule has 0 saturated carbocycles. The zero-order chi connectivity index (χ0) is 29.8. The van der Waals surface area contributed by atoms with Gasteiger partial charge in [-0.15, -0.1) is 0 Å². The smallest absolute Gasteiger partial charge is 0.264 e. The first kappa shape index (κ1) is 31.7. The minimum absolute atomic E-state index is 0.0121. The van der Waals surface area contributed by atoms with Gasteiger partial charge < -0.3 is 10.2 Å². The lowest BCUT2D eigenvalue weighted by atomic mass is 10.1. The van der Waals surface area contributed by atoms with Crippen LogP contribution in [-0.2, 0) is 26.2 Å². The Morgan fingerprint density at radius 1 is 0.900 bits per heavy atom. The topological polar surface area (TPSA) is 86.8 Å². The molecule has 0 aliphatic carbocycles. The van der Waals surface area contributed by atoms with Gasteiger partial charge in [-0.3, -0.25) is 13.9 Å². The van der Waals surface area contributed by atoms with Gasteiger partial charge in [0.15, 0.2) is 0 Å². The van der Waals surface area contributed by atoms with Crippen molar-refractivity contribution >= 4 is 62.3 Å². The van der Waals surface area contributed by atoms with Crippen molar-refractivity contribution in [1.82, 2.24) is 10.2 Å². The Morgan fingerprint density at radius 3 is 2.05 bits per heavy atom. The molecule has 2 amide bonds. The molecule has 1 N–H and O–H groups in total.